The first-order chi connectivity index (χ1) is 12.1. The molecule has 0 spiro atoms. The summed E-state index contributed by atoms with van der Waals surface area (Å²) in [5, 5.41) is 4.01. The topological polar surface area (TPSA) is 59.2 Å². The van der Waals surface area contributed by atoms with Crippen molar-refractivity contribution in [2.24, 2.45) is 0 Å². The molecule has 2 heterocycles. The summed E-state index contributed by atoms with van der Waals surface area (Å²) in [6.07, 6.45) is 0.226. The number of carbonyl (C=O) groups excluding carboxylic acids is 1. The van der Waals surface area contributed by atoms with E-state index in [1.165, 1.54) is 11.0 Å². The standard InChI is InChI=1S/C19H16FN3O2/c1-12-6-8-13(9-7-12)18-21-19(25-22-18)14-10-17(24)23(11-14)16-5-3-2-4-15(16)20/h2-9,14H,10-11H2,1H3. The molecular formula is C19H16FN3O2. The number of aryl methyl sites for hydroxylation is 1. The van der Waals surface area contributed by atoms with E-state index < -0.39 is 5.82 Å². The Hall–Kier alpha value is -3.02. The molecule has 1 unspecified atom stereocenters. The first kappa shape index (κ1) is 15.5. The first-order valence-electron chi connectivity index (χ1n) is 8.07. The predicted octanol–water partition coefficient (Wildman–Crippen LogP) is 3.70. The Bertz CT molecular complexity index is 920. The van der Waals surface area contributed by atoms with Gasteiger partial charge >= 0.3 is 0 Å². The molecule has 1 aliphatic rings. The van der Waals surface area contributed by atoms with Gasteiger partial charge in [0.1, 0.15) is 5.82 Å². The molecule has 6 heteroatoms. The fourth-order valence-electron chi connectivity index (χ4n) is 3.00. The smallest absolute Gasteiger partial charge is 0.232 e. The molecule has 0 aliphatic carbocycles. The van der Waals surface area contributed by atoms with Gasteiger partial charge in [-0.15, -0.1) is 0 Å². The highest BCUT2D eigenvalue weighted by atomic mass is 19.1. The summed E-state index contributed by atoms with van der Waals surface area (Å²) in [5.74, 6) is 0.0981. The quantitative estimate of drug-likeness (QED) is 0.731. The number of halogens is 1. The van der Waals surface area contributed by atoms with Gasteiger partial charge in [0, 0.05) is 18.5 Å². The minimum absolute atomic E-state index is 0.148. The molecule has 1 aliphatic heterocycles. The highest BCUT2D eigenvalue weighted by Gasteiger charge is 2.36. The summed E-state index contributed by atoms with van der Waals surface area (Å²) in [5.41, 5.74) is 2.29. The summed E-state index contributed by atoms with van der Waals surface area (Å²) in [6, 6.07) is 14.1. The van der Waals surface area contributed by atoms with Crippen molar-refractivity contribution >= 4 is 11.6 Å². The monoisotopic (exact) mass is 337 g/mol. The number of para-hydroxylation sites is 1. The molecule has 25 heavy (non-hydrogen) atoms. The average Bonchev–Trinajstić information content (AvgIpc) is 3.23. The van der Waals surface area contributed by atoms with Crippen molar-refractivity contribution in [3.63, 3.8) is 0 Å². The predicted molar refractivity (Wildman–Crippen MR) is 90.6 cm³/mol. The van der Waals surface area contributed by atoms with Crippen LogP contribution < -0.4 is 4.90 Å². The van der Waals surface area contributed by atoms with E-state index in [1.54, 1.807) is 18.2 Å². The Morgan fingerprint density at radius 2 is 1.92 bits per heavy atom. The third-order valence-electron chi connectivity index (χ3n) is 4.37. The molecule has 0 bridgehead atoms. The number of carbonyl (C=O) groups is 1. The van der Waals surface area contributed by atoms with Gasteiger partial charge in [0.25, 0.3) is 0 Å². The third-order valence-corrected chi connectivity index (χ3v) is 4.37. The van der Waals surface area contributed by atoms with Gasteiger partial charge in [-0.1, -0.05) is 47.1 Å². The fourth-order valence-corrected chi connectivity index (χ4v) is 3.00. The van der Waals surface area contributed by atoms with Crippen LogP contribution in [0.2, 0.25) is 0 Å². The Labute approximate surface area is 144 Å². The van der Waals surface area contributed by atoms with Crippen molar-refractivity contribution in [3.05, 3.63) is 65.8 Å². The van der Waals surface area contributed by atoms with Gasteiger partial charge in [-0.25, -0.2) is 4.39 Å². The number of anilines is 1. The van der Waals surface area contributed by atoms with E-state index in [1.807, 2.05) is 31.2 Å². The highest BCUT2D eigenvalue weighted by molar-refractivity contribution is 5.96. The molecule has 3 aromatic rings. The zero-order valence-electron chi connectivity index (χ0n) is 13.6. The van der Waals surface area contributed by atoms with Crippen LogP contribution in [-0.2, 0) is 4.79 Å². The van der Waals surface area contributed by atoms with Crippen LogP contribution in [0.15, 0.2) is 53.1 Å². The maximum Gasteiger partial charge on any atom is 0.232 e. The van der Waals surface area contributed by atoms with E-state index in [0.717, 1.165) is 11.1 Å². The molecule has 0 radical (unpaired) electrons. The van der Waals surface area contributed by atoms with Gasteiger partial charge < -0.3 is 9.42 Å². The van der Waals surface area contributed by atoms with Crippen LogP contribution in [0.4, 0.5) is 10.1 Å². The number of hydrogen-bond donors (Lipinski definition) is 0. The van der Waals surface area contributed by atoms with Gasteiger partial charge in [-0.2, -0.15) is 4.98 Å². The van der Waals surface area contributed by atoms with Crippen LogP contribution in [0.25, 0.3) is 11.4 Å². The van der Waals surface area contributed by atoms with Crippen LogP contribution in [0, 0.1) is 12.7 Å². The number of hydrogen-bond acceptors (Lipinski definition) is 4. The zero-order chi connectivity index (χ0) is 17.4. The van der Waals surface area contributed by atoms with E-state index in [2.05, 4.69) is 10.1 Å². The number of aromatic nitrogens is 2. The van der Waals surface area contributed by atoms with Crippen molar-refractivity contribution < 1.29 is 13.7 Å². The van der Waals surface area contributed by atoms with Crippen molar-refractivity contribution in [1.29, 1.82) is 0 Å². The van der Waals surface area contributed by atoms with Crippen LogP contribution in [0.1, 0.15) is 23.8 Å². The molecule has 2 aromatic carbocycles. The summed E-state index contributed by atoms with van der Waals surface area (Å²) in [4.78, 5) is 18.2. The van der Waals surface area contributed by atoms with Gasteiger partial charge in [-0.05, 0) is 19.1 Å². The molecule has 126 valence electrons. The van der Waals surface area contributed by atoms with Crippen LogP contribution in [0.3, 0.4) is 0 Å². The summed E-state index contributed by atoms with van der Waals surface area (Å²) < 4.78 is 19.3. The second kappa shape index (κ2) is 6.12. The van der Waals surface area contributed by atoms with Gasteiger partial charge in [0.2, 0.25) is 17.6 Å². The van der Waals surface area contributed by atoms with E-state index in [9.17, 15) is 9.18 Å². The molecular weight excluding hydrogens is 321 g/mol. The molecule has 1 aromatic heterocycles. The van der Waals surface area contributed by atoms with Crippen molar-refractivity contribution in [2.75, 3.05) is 11.4 Å². The summed E-state index contributed by atoms with van der Waals surface area (Å²) in [7, 11) is 0. The third kappa shape index (κ3) is 2.91. The van der Waals surface area contributed by atoms with E-state index >= 15 is 0 Å². The van der Waals surface area contributed by atoms with E-state index in [-0.39, 0.29) is 23.9 Å². The second-order valence-electron chi connectivity index (χ2n) is 6.18. The van der Waals surface area contributed by atoms with Crippen LogP contribution >= 0.6 is 0 Å². The molecule has 0 saturated carbocycles. The van der Waals surface area contributed by atoms with Crippen molar-refractivity contribution in [1.82, 2.24) is 10.1 Å². The molecule has 0 N–H and O–H groups in total. The minimum atomic E-state index is -0.414. The van der Waals surface area contributed by atoms with Gasteiger partial charge in [0.15, 0.2) is 0 Å². The van der Waals surface area contributed by atoms with Crippen molar-refractivity contribution in [3.8, 4) is 11.4 Å². The first-order valence-corrected chi connectivity index (χ1v) is 8.07. The molecule has 1 atom stereocenters. The Kier molecular flexibility index (Phi) is 3.80. The fraction of sp³-hybridized carbons (Fsp3) is 0.211. The summed E-state index contributed by atoms with van der Waals surface area (Å²) >= 11 is 0. The Morgan fingerprint density at radius 1 is 1.16 bits per heavy atom. The van der Waals surface area contributed by atoms with E-state index in [4.69, 9.17) is 4.52 Å². The lowest BCUT2D eigenvalue weighted by molar-refractivity contribution is -0.117. The van der Waals surface area contributed by atoms with Crippen molar-refractivity contribution in [2.45, 2.75) is 19.3 Å². The Balaban J connectivity index is 1.57. The van der Waals surface area contributed by atoms with Crippen LogP contribution in [0.5, 0.6) is 0 Å². The number of rotatable bonds is 3. The highest BCUT2D eigenvalue weighted by Crippen LogP contribution is 2.33. The largest absolute Gasteiger partial charge is 0.339 e. The Morgan fingerprint density at radius 3 is 2.68 bits per heavy atom. The van der Waals surface area contributed by atoms with Gasteiger partial charge in [-0.3, -0.25) is 4.79 Å². The maximum atomic E-state index is 14.0. The van der Waals surface area contributed by atoms with Gasteiger partial charge in [0.05, 0.1) is 11.6 Å². The lowest BCUT2D eigenvalue weighted by atomic mass is 10.1. The SMILES string of the molecule is Cc1ccc(-c2noc(C3CC(=O)N(c4ccccc4F)C3)n2)cc1. The number of benzene rings is 2. The van der Waals surface area contributed by atoms with Crippen LogP contribution in [-0.4, -0.2) is 22.6 Å². The van der Waals surface area contributed by atoms with E-state index in [0.29, 0.717) is 18.3 Å². The molecule has 1 fully saturated rings. The second-order valence-corrected chi connectivity index (χ2v) is 6.18. The lowest BCUT2D eigenvalue weighted by Gasteiger charge is -2.16. The number of nitrogens with zero attached hydrogens (tertiary/aromatic N) is 3. The molecule has 5 nitrogen and oxygen atoms in total. The average molecular weight is 337 g/mol. The molecule has 4 rings (SSSR count). The molecule has 1 saturated heterocycles. The maximum absolute atomic E-state index is 14.0. The lowest BCUT2D eigenvalue weighted by Crippen LogP contribution is -2.25. The zero-order valence-corrected chi connectivity index (χ0v) is 13.6. The minimum Gasteiger partial charge on any atom is -0.339 e. The summed E-state index contributed by atoms with van der Waals surface area (Å²) in [6.45, 7) is 2.34. The molecule has 1 amide bonds. The number of amides is 1. The normalized spacial score (nSPS) is 17.3.